The summed E-state index contributed by atoms with van der Waals surface area (Å²) in [5.74, 6) is -0.282. The van der Waals surface area contributed by atoms with Gasteiger partial charge in [0.2, 0.25) is 0 Å². The van der Waals surface area contributed by atoms with Crippen molar-refractivity contribution in [2.75, 3.05) is 32.5 Å². The van der Waals surface area contributed by atoms with Crippen LogP contribution in [0.2, 0.25) is 5.15 Å². The third-order valence-electron chi connectivity index (χ3n) is 6.79. The Labute approximate surface area is 218 Å². The first-order valence-electron chi connectivity index (χ1n) is 12.1. The van der Waals surface area contributed by atoms with Crippen molar-refractivity contribution in [2.24, 2.45) is 7.05 Å². The minimum atomic E-state index is -0.808. The van der Waals surface area contributed by atoms with E-state index in [0.717, 1.165) is 22.5 Å². The minimum Gasteiger partial charge on any atom is -0.377 e. The maximum absolute atomic E-state index is 13.5. The first-order valence-corrected chi connectivity index (χ1v) is 12.4. The van der Waals surface area contributed by atoms with E-state index in [1.807, 2.05) is 41.3 Å². The molecule has 194 valence electrons. The summed E-state index contributed by atoms with van der Waals surface area (Å²) in [4.78, 5) is 38.6. The number of aryl methyl sites for hydroxylation is 2. The third kappa shape index (κ3) is 4.44. The number of rotatable bonds is 6. The fourth-order valence-electron chi connectivity index (χ4n) is 4.92. The summed E-state index contributed by atoms with van der Waals surface area (Å²) in [6.07, 6.45) is 0.781. The number of imidazole rings is 1. The summed E-state index contributed by atoms with van der Waals surface area (Å²) in [6.45, 7) is 5.18. The molecule has 1 N–H and O–H groups in total. The number of hydrogen-bond acceptors (Lipinski definition) is 6. The Morgan fingerprint density at radius 1 is 1.30 bits per heavy atom. The average molecular weight is 526 g/mol. The van der Waals surface area contributed by atoms with Crippen molar-refractivity contribution in [2.45, 2.75) is 32.6 Å². The number of anilines is 1. The molecule has 4 aromatic rings. The zero-order valence-electron chi connectivity index (χ0n) is 21.4. The minimum absolute atomic E-state index is 0.208. The SMILES string of the molecule is Cc1cc(C(C)Nc2ccc(Cl)nc2CN2CC(F)C2)c2c(c1)c(=O)n(C)c1c(C(=O)N(C)C)ncn21. The van der Waals surface area contributed by atoms with Crippen molar-refractivity contribution in [3.63, 3.8) is 0 Å². The number of nitrogens with one attached hydrogen (secondary N) is 1. The molecule has 1 fully saturated rings. The van der Waals surface area contributed by atoms with Gasteiger partial charge in [0, 0.05) is 40.8 Å². The van der Waals surface area contributed by atoms with Gasteiger partial charge in [-0.25, -0.2) is 14.4 Å². The molecule has 1 aromatic carbocycles. The van der Waals surface area contributed by atoms with Gasteiger partial charge in [0.1, 0.15) is 17.7 Å². The van der Waals surface area contributed by atoms with E-state index >= 15 is 0 Å². The van der Waals surface area contributed by atoms with Gasteiger partial charge in [0.15, 0.2) is 11.3 Å². The van der Waals surface area contributed by atoms with E-state index in [-0.39, 0.29) is 23.2 Å². The largest absolute Gasteiger partial charge is 0.377 e. The number of likely N-dealkylation sites (tertiary alicyclic amines) is 1. The maximum Gasteiger partial charge on any atom is 0.275 e. The van der Waals surface area contributed by atoms with Crippen LogP contribution in [0.15, 0.2) is 35.4 Å². The fraction of sp³-hybridized carbons (Fsp3) is 0.385. The summed E-state index contributed by atoms with van der Waals surface area (Å²) in [6, 6.07) is 7.21. The predicted molar refractivity (Wildman–Crippen MR) is 142 cm³/mol. The van der Waals surface area contributed by atoms with Crippen LogP contribution in [-0.2, 0) is 13.6 Å². The van der Waals surface area contributed by atoms with Gasteiger partial charge in [-0.2, -0.15) is 0 Å². The molecular formula is C26H29ClFN7O2. The van der Waals surface area contributed by atoms with E-state index in [0.29, 0.717) is 41.3 Å². The number of carbonyl (C=O) groups excluding carboxylic acids is 1. The summed E-state index contributed by atoms with van der Waals surface area (Å²) in [5, 5.41) is 4.43. The van der Waals surface area contributed by atoms with Crippen molar-refractivity contribution >= 4 is 39.7 Å². The van der Waals surface area contributed by atoms with E-state index in [2.05, 4.69) is 15.3 Å². The molecule has 1 saturated heterocycles. The van der Waals surface area contributed by atoms with E-state index in [9.17, 15) is 14.0 Å². The van der Waals surface area contributed by atoms with E-state index in [4.69, 9.17) is 11.6 Å². The summed E-state index contributed by atoms with van der Waals surface area (Å²) in [7, 11) is 4.95. The highest BCUT2D eigenvalue weighted by Crippen LogP contribution is 2.31. The molecule has 1 amide bonds. The molecule has 0 aliphatic carbocycles. The van der Waals surface area contributed by atoms with Crippen molar-refractivity contribution < 1.29 is 9.18 Å². The number of fused-ring (bicyclic) bond motifs is 3. The number of aromatic nitrogens is 4. The highest BCUT2D eigenvalue weighted by molar-refractivity contribution is 6.29. The molecule has 0 bridgehead atoms. The van der Waals surface area contributed by atoms with Crippen LogP contribution in [0.25, 0.3) is 16.6 Å². The van der Waals surface area contributed by atoms with Crippen LogP contribution in [0, 0.1) is 6.92 Å². The molecule has 1 aliphatic heterocycles. The van der Waals surface area contributed by atoms with E-state index in [1.165, 1.54) is 9.47 Å². The van der Waals surface area contributed by atoms with Crippen LogP contribution < -0.4 is 10.9 Å². The molecule has 0 spiro atoms. The van der Waals surface area contributed by atoms with E-state index in [1.54, 1.807) is 33.5 Å². The highest BCUT2D eigenvalue weighted by atomic mass is 35.5. The highest BCUT2D eigenvalue weighted by Gasteiger charge is 2.28. The Kier molecular flexibility index (Phi) is 6.41. The number of alkyl halides is 1. The number of benzene rings is 1. The number of pyridine rings is 1. The van der Waals surface area contributed by atoms with Crippen LogP contribution in [0.5, 0.6) is 0 Å². The second-order valence-corrected chi connectivity index (χ2v) is 10.3. The normalized spacial score (nSPS) is 15.2. The van der Waals surface area contributed by atoms with Crippen molar-refractivity contribution in [3.8, 4) is 0 Å². The fourth-order valence-corrected chi connectivity index (χ4v) is 5.08. The van der Waals surface area contributed by atoms with Gasteiger partial charge in [0.25, 0.3) is 11.5 Å². The molecule has 9 nitrogen and oxygen atoms in total. The Balaban J connectivity index is 1.63. The monoisotopic (exact) mass is 525 g/mol. The summed E-state index contributed by atoms with van der Waals surface area (Å²) in [5.41, 5.74) is 4.42. The van der Waals surface area contributed by atoms with Crippen molar-refractivity contribution in [1.82, 2.24) is 28.7 Å². The third-order valence-corrected chi connectivity index (χ3v) is 7.00. The number of amides is 1. The number of halogens is 2. The maximum atomic E-state index is 13.5. The standard InChI is InChI=1S/C26H29ClFN7O2/c1-14-8-17(15(2)30-19-6-7-21(27)31-20(19)12-34-10-16(28)11-34)23-18(9-14)25(36)33(5)24-22(26(37)32(3)4)29-13-35(23)24/h6-9,13,15-16,30H,10-12H2,1-5H3. The van der Waals surface area contributed by atoms with Gasteiger partial charge < -0.3 is 10.2 Å². The average Bonchev–Trinajstić information content (AvgIpc) is 3.27. The zero-order valence-corrected chi connectivity index (χ0v) is 22.2. The Morgan fingerprint density at radius 2 is 2.03 bits per heavy atom. The van der Waals surface area contributed by atoms with Gasteiger partial charge >= 0.3 is 0 Å². The zero-order chi connectivity index (χ0) is 26.6. The van der Waals surface area contributed by atoms with Gasteiger partial charge in [-0.3, -0.25) is 23.5 Å². The van der Waals surface area contributed by atoms with E-state index < -0.39 is 6.17 Å². The van der Waals surface area contributed by atoms with Gasteiger partial charge in [-0.05, 0) is 43.2 Å². The lowest BCUT2D eigenvalue weighted by Gasteiger charge is -2.34. The quantitative estimate of drug-likeness (QED) is 0.387. The Morgan fingerprint density at radius 3 is 2.70 bits per heavy atom. The molecule has 11 heteroatoms. The molecule has 37 heavy (non-hydrogen) atoms. The number of hydrogen-bond donors (Lipinski definition) is 1. The van der Waals surface area contributed by atoms with Gasteiger partial charge in [-0.1, -0.05) is 17.7 Å². The van der Waals surface area contributed by atoms with Crippen LogP contribution in [0.1, 0.15) is 40.3 Å². The van der Waals surface area contributed by atoms with Crippen LogP contribution in [0.3, 0.4) is 0 Å². The smallest absolute Gasteiger partial charge is 0.275 e. The van der Waals surface area contributed by atoms with Crippen molar-refractivity contribution in [1.29, 1.82) is 0 Å². The van der Waals surface area contributed by atoms with Crippen molar-refractivity contribution in [3.05, 3.63) is 68.6 Å². The summed E-state index contributed by atoms with van der Waals surface area (Å²) >= 11 is 6.18. The summed E-state index contributed by atoms with van der Waals surface area (Å²) < 4.78 is 16.7. The predicted octanol–water partition coefficient (Wildman–Crippen LogP) is 3.57. The molecule has 5 rings (SSSR count). The molecule has 4 heterocycles. The molecule has 0 saturated carbocycles. The van der Waals surface area contributed by atoms with Crippen LogP contribution in [0.4, 0.5) is 10.1 Å². The molecule has 0 radical (unpaired) electrons. The second-order valence-electron chi connectivity index (χ2n) is 9.89. The molecular weight excluding hydrogens is 497 g/mol. The topological polar surface area (TPSA) is 87.8 Å². The molecule has 3 aromatic heterocycles. The second kappa shape index (κ2) is 9.42. The lowest BCUT2D eigenvalue weighted by molar-refractivity contribution is 0.0582. The number of carbonyl (C=O) groups is 1. The first-order chi connectivity index (χ1) is 17.5. The Bertz CT molecular complexity index is 1590. The Hall–Kier alpha value is -3.50. The lowest BCUT2D eigenvalue weighted by atomic mass is 10.0. The van der Waals surface area contributed by atoms with Crippen LogP contribution >= 0.6 is 11.6 Å². The molecule has 1 atom stereocenters. The lowest BCUT2D eigenvalue weighted by Crippen LogP contribution is -2.47. The van der Waals surface area contributed by atoms with Gasteiger partial charge in [-0.15, -0.1) is 0 Å². The number of nitrogens with zero attached hydrogens (tertiary/aromatic N) is 6. The van der Waals surface area contributed by atoms with Crippen LogP contribution in [-0.4, -0.2) is 68.0 Å². The van der Waals surface area contributed by atoms with Gasteiger partial charge in [0.05, 0.1) is 28.3 Å². The molecule has 1 unspecified atom stereocenters. The molecule has 1 aliphatic rings. The first kappa shape index (κ1) is 25.2.